The molecule has 90 valence electrons. The van der Waals surface area contributed by atoms with Crippen molar-refractivity contribution in [2.24, 2.45) is 5.92 Å². The van der Waals surface area contributed by atoms with Crippen LogP contribution in [0.3, 0.4) is 0 Å². The summed E-state index contributed by atoms with van der Waals surface area (Å²) in [7, 11) is 0. The first-order chi connectivity index (χ1) is 8.26. The number of hydrogen-bond donors (Lipinski definition) is 2. The Morgan fingerprint density at radius 1 is 1.53 bits per heavy atom. The highest BCUT2D eigenvalue weighted by atomic mass is 16.3. The number of para-hydroxylation sites is 1. The summed E-state index contributed by atoms with van der Waals surface area (Å²) in [5.74, 6) is 0.533. The Labute approximate surface area is 101 Å². The number of nitrogen functional groups attached to an aromatic ring is 1. The van der Waals surface area contributed by atoms with Gasteiger partial charge in [0.05, 0.1) is 16.9 Å². The van der Waals surface area contributed by atoms with Crippen molar-refractivity contribution in [1.82, 2.24) is 0 Å². The average Bonchev–Trinajstić information content (AvgIpc) is 2.78. The van der Waals surface area contributed by atoms with Gasteiger partial charge in [-0.3, -0.25) is 0 Å². The van der Waals surface area contributed by atoms with Crippen LogP contribution in [0, 0.1) is 17.2 Å². The maximum absolute atomic E-state index is 8.94. The molecular weight excluding hydrogens is 214 g/mol. The summed E-state index contributed by atoms with van der Waals surface area (Å²) >= 11 is 0. The molecule has 1 aromatic carbocycles. The van der Waals surface area contributed by atoms with E-state index in [0.29, 0.717) is 17.2 Å². The second-order valence-corrected chi connectivity index (χ2v) is 4.46. The molecule has 3 N–H and O–H groups in total. The highest BCUT2D eigenvalue weighted by molar-refractivity contribution is 5.74. The topological polar surface area (TPSA) is 73.3 Å². The molecule has 1 unspecified atom stereocenters. The fourth-order valence-corrected chi connectivity index (χ4v) is 2.40. The maximum atomic E-state index is 8.94. The van der Waals surface area contributed by atoms with E-state index in [4.69, 9.17) is 16.1 Å². The smallest absolute Gasteiger partial charge is 0.101 e. The molecule has 1 fully saturated rings. The van der Waals surface area contributed by atoms with E-state index in [1.807, 2.05) is 12.1 Å². The molecule has 0 aliphatic carbocycles. The lowest BCUT2D eigenvalue weighted by atomic mass is 10.1. The van der Waals surface area contributed by atoms with Crippen LogP contribution in [0.15, 0.2) is 18.2 Å². The first-order valence-corrected chi connectivity index (χ1v) is 5.90. The second-order valence-electron chi connectivity index (χ2n) is 4.46. The van der Waals surface area contributed by atoms with E-state index < -0.39 is 0 Å². The highest BCUT2D eigenvalue weighted by Crippen LogP contribution is 2.31. The van der Waals surface area contributed by atoms with Crippen molar-refractivity contribution in [2.75, 3.05) is 30.3 Å². The van der Waals surface area contributed by atoms with Crippen LogP contribution in [0.2, 0.25) is 0 Å². The summed E-state index contributed by atoms with van der Waals surface area (Å²) in [4.78, 5) is 2.20. The first-order valence-electron chi connectivity index (χ1n) is 5.90. The van der Waals surface area contributed by atoms with Gasteiger partial charge in [-0.1, -0.05) is 6.07 Å². The van der Waals surface area contributed by atoms with Gasteiger partial charge < -0.3 is 15.7 Å². The Morgan fingerprint density at radius 2 is 2.35 bits per heavy atom. The Hall–Kier alpha value is -1.73. The molecule has 4 nitrogen and oxygen atoms in total. The standard InChI is InChI=1S/C13H17N3O/c14-8-11-2-1-3-12(13(11)15)16-6-4-10(9-16)5-7-17/h1-3,10,17H,4-7,9,15H2. The molecule has 17 heavy (non-hydrogen) atoms. The molecule has 2 rings (SSSR count). The quantitative estimate of drug-likeness (QED) is 0.770. The number of anilines is 2. The van der Waals surface area contributed by atoms with Crippen LogP contribution in [-0.4, -0.2) is 24.8 Å². The van der Waals surface area contributed by atoms with Crippen LogP contribution in [0.4, 0.5) is 11.4 Å². The van der Waals surface area contributed by atoms with E-state index in [9.17, 15) is 0 Å². The van der Waals surface area contributed by atoms with Gasteiger partial charge in [-0.05, 0) is 30.9 Å². The van der Waals surface area contributed by atoms with Crippen LogP contribution in [0.5, 0.6) is 0 Å². The van der Waals surface area contributed by atoms with Crippen molar-refractivity contribution in [2.45, 2.75) is 12.8 Å². The van der Waals surface area contributed by atoms with Gasteiger partial charge in [0.15, 0.2) is 0 Å². The number of rotatable bonds is 3. The Kier molecular flexibility index (Phi) is 3.50. The van der Waals surface area contributed by atoms with E-state index >= 15 is 0 Å². The molecule has 0 amide bonds. The van der Waals surface area contributed by atoms with Crippen LogP contribution in [0.1, 0.15) is 18.4 Å². The molecule has 0 spiro atoms. The molecule has 0 bridgehead atoms. The second kappa shape index (κ2) is 5.07. The van der Waals surface area contributed by atoms with Crippen molar-refractivity contribution >= 4 is 11.4 Å². The molecule has 0 radical (unpaired) electrons. The minimum absolute atomic E-state index is 0.242. The van der Waals surface area contributed by atoms with E-state index in [1.54, 1.807) is 6.07 Å². The van der Waals surface area contributed by atoms with Crippen molar-refractivity contribution in [3.8, 4) is 6.07 Å². The van der Waals surface area contributed by atoms with Crippen LogP contribution in [-0.2, 0) is 0 Å². The number of aliphatic hydroxyl groups excluding tert-OH is 1. The van der Waals surface area contributed by atoms with Crippen LogP contribution in [0.25, 0.3) is 0 Å². The molecular formula is C13H17N3O. The number of hydrogen-bond acceptors (Lipinski definition) is 4. The molecule has 1 atom stereocenters. The molecule has 4 heteroatoms. The van der Waals surface area contributed by atoms with Gasteiger partial charge >= 0.3 is 0 Å². The lowest BCUT2D eigenvalue weighted by Crippen LogP contribution is -2.21. The zero-order chi connectivity index (χ0) is 12.3. The number of aliphatic hydroxyl groups is 1. The van der Waals surface area contributed by atoms with Gasteiger partial charge in [0.25, 0.3) is 0 Å². The number of nitrogens with two attached hydrogens (primary N) is 1. The summed E-state index contributed by atoms with van der Waals surface area (Å²) < 4.78 is 0. The van der Waals surface area contributed by atoms with Crippen molar-refractivity contribution in [3.63, 3.8) is 0 Å². The Morgan fingerprint density at radius 3 is 3.06 bits per heavy atom. The predicted molar refractivity (Wildman–Crippen MR) is 67.6 cm³/mol. The van der Waals surface area contributed by atoms with Gasteiger partial charge in [-0.15, -0.1) is 0 Å². The van der Waals surface area contributed by atoms with Crippen LogP contribution >= 0.6 is 0 Å². The third-order valence-corrected chi connectivity index (χ3v) is 3.37. The molecule has 0 saturated carbocycles. The molecule has 1 heterocycles. The Balaban J connectivity index is 2.17. The molecule has 0 aromatic heterocycles. The van der Waals surface area contributed by atoms with E-state index in [2.05, 4.69) is 11.0 Å². The minimum Gasteiger partial charge on any atom is -0.396 e. The highest BCUT2D eigenvalue weighted by Gasteiger charge is 2.23. The first kappa shape index (κ1) is 11.7. The largest absolute Gasteiger partial charge is 0.396 e. The zero-order valence-electron chi connectivity index (χ0n) is 9.76. The third-order valence-electron chi connectivity index (χ3n) is 3.37. The van der Waals surface area contributed by atoms with Gasteiger partial charge in [-0.25, -0.2) is 0 Å². The van der Waals surface area contributed by atoms with Crippen molar-refractivity contribution in [3.05, 3.63) is 23.8 Å². The van der Waals surface area contributed by atoms with E-state index in [1.165, 1.54) is 0 Å². The monoisotopic (exact) mass is 231 g/mol. The number of benzene rings is 1. The summed E-state index contributed by atoms with van der Waals surface area (Å²) in [5.41, 5.74) is 8.03. The lowest BCUT2D eigenvalue weighted by molar-refractivity contribution is 0.263. The predicted octanol–water partition coefficient (Wildman–Crippen LogP) is 1.35. The maximum Gasteiger partial charge on any atom is 0.101 e. The van der Waals surface area contributed by atoms with Crippen molar-refractivity contribution in [1.29, 1.82) is 5.26 Å². The summed E-state index contributed by atoms with van der Waals surface area (Å²) in [6.07, 6.45) is 1.92. The minimum atomic E-state index is 0.242. The van der Waals surface area contributed by atoms with Gasteiger partial charge in [-0.2, -0.15) is 5.26 Å². The average molecular weight is 231 g/mol. The molecule has 1 aliphatic heterocycles. The number of nitrogens with zero attached hydrogens (tertiary/aromatic N) is 2. The molecule has 1 aromatic rings. The third kappa shape index (κ3) is 2.34. The molecule has 1 saturated heterocycles. The fourth-order valence-electron chi connectivity index (χ4n) is 2.40. The fraction of sp³-hybridized carbons (Fsp3) is 0.462. The summed E-state index contributed by atoms with van der Waals surface area (Å²) in [6.45, 7) is 2.11. The van der Waals surface area contributed by atoms with Crippen molar-refractivity contribution < 1.29 is 5.11 Å². The lowest BCUT2D eigenvalue weighted by Gasteiger charge is -2.21. The van der Waals surface area contributed by atoms with Gasteiger partial charge in [0.2, 0.25) is 0 Å². The number of nitriles is 1. The normalized spacial score (nSPS) is 19.3. The molecule has 1 aliphatic rings. The van der Waals surface area contributed by atoms with E-state index in [-0.39, 0.29) is 6.61 Å². The van der Waals surface area contributed by atoms with E-state index in [0.717, 1.165) is 31.6 Å². The summed E-state index contributed by atoms with van der Waals surface area (Å²) in [6, 6.07) is 7.66. The van der Waals surface area contributed by atoms with Crippen LogP contribution < -0.4 is 10.6 Å². The zero-order valence-corrected chi connectivity index (χ0v) is 9.76. The van der Waals surface area contributed by atoms with Gasteiger partial charge in [0, 0.05) is 19.7 Å². The Bertz CT molecular complexity index is 439. The van der Waals surface area contributed by atoms with Gasteiger partial charge in [0.1, 0.15) is 6.07 Å². The SMILES string of the molecule is N#Cc1cccc(N2CCC(CCO)C2)c1N. The summed E-state index contributed by atoms with van der Waals surface area (Å²) in [5, 5.41) is 17.9.